The van der Waals surface area contributed by atoms with Gasteiger partial charge in [0.1, 0.15) is 6.10 Å². The summed E-state index contributed by atoms with van der Waals surface area (Å²) in [4.78, 5) is 24.7. The van der Waals surface area contributed by atoms with Gasteiger partial charge >= 0.3 is 6.09 Å². The van der Waals surface area contributed by atoms with Crippen LogP contribution in [0.4, 0.5) is 10.5 Å². The second kappa shape index (κ2) is 6.76. The van der Waals surface area contributed by atoms with Gasteiger partial charge in [-0.25, -0.2) is 4.79 Å². The van der Waals surface area contributed by atoms with E-state index in [1.165, 1.54) is 32.1 Å². The number of hydrogen-bond donors (Lipinski definition) is 1. The monoisotopic (exact) mass is 479 g/mol. The van der Waals surface area contributed by atoms with Gasteiger partial charge in [-0.1, -0.05) is 23.2 Å². The lowest BCUT2D eigenvalue weighted by molar-refractivity contribution is -0.376. The van der Waals surface area contributed by atoms with Crippen molar-refractivity contribution in [3.8, 4) is 0 Å². The Morgan fingerprint density at radius 3 is 2.56 bits per heavy atom. The van der Waals surface area contributed by atoms with Crippen LogP contribution in [0, 0.1) is 29.1 Å². The van der Waals surface area contributed by atoms with E-state index in [0.29, 0.717) is 39.4 Å². The predicted molar refractivity (Wildman–Crippen MR) is 117 cm³/mol. The summed E-state index contributed by atoms with van der Waals surface area (Å²) in [6.07, 6.45) is 8.22. The van der Waals surface area contributed by atoms with Crippen LogP contribution in [0.15, 0.2) is 18.2 Å². The first kappa shape index (κ1) is 20.3. The van der Waals surface area contributed by atoms with Crippen LogP contribution in [0.5, 0.6) is 0 Å². The van der Waals surface area contributed by atoms with Crippen molar-refractivity contribution in [3.05, 3.63) is 28.2 Å². The number of benzene rings is 1. The van der Waals surface area contributed by atoms with Crippen molar-refractivity contribution in [1.29, 1.82) is 0 Å². The van der Waals surface area contributed by atoms with Gasteiger partial charge in [-0.05, 0) is 80.4 Å². The Kier molecular flexibility index (Phi) is 4.29. The van der Waals surface area contributed by atoms with Crippen molar-refractivity contribution >= 4 is 35.0 Å². The number of nitrogens with one attached hydrogen (secondary N) is 1. The molecule has 0 aromatic heterocycles. The number of amides is 1. The fraction of sp³-hybridized carbons (Fsp3) is 0.708. The highest BCUT2D eigenvalue weighted by atomic mass is 35.5. The molecule has 6 nitrogen and oxygen atoms in total. The molecular weight excluding hydrogens is 453 g/mol. The van der Waals surface area contributed by atoms with Gasteiger partial charge in [0.15, 0.2) is 0 Å². The zero-order valence-electron chi connectivity index (χ0n) is 17.8. The molecule has 8 heteroatoms. The molecule has 1 heterocycles. The van der Waals surface area contributed by atoms with E-state index in [1.54, 1.807) is 18.2 Å². The van der Waals surface area contributed by atoms with E-state index < -0.39 is 17.7 Å². The second-order valence-electron chi connectivity index (χ2n) is 10.9. The molecule has 1 N–H and O–H groups in total. The van der Waals surface area contributed by atoms with Crippen molar-refractivity contribution in [2.75, 3.05) is 5.32 Å². The number of anilines is 1. The van der Waals surface area contributed by atoms with Gasteiger partial charge in [0.25, 0.3) is 0 Å². The van der Waals surface area contributed by atoms with Crippen LogP contribution >= 0.6 is 23.2 Å². The summed E-state index contributed by atoms with van der Waals surface area (Å²) < 4.78 is 12.5. The van der Waals surface area contributed by atoms with E-state index in [-0.39, 0.29) is 6.10 Å². The van der Waals surface area contributed by atoms with E-state index in [1.807, 2.05) is 0 Å². The number of rotatable bonds is 2. The van der Waals surface area contributed by atoms with Crippen LogP contribution in [-0.4, -0.2) is 23.8 Å². The smallest absolute Gasteiger partial charge is 0.411 e. The lowest BCUT2D eigenvalue weighted by Gasteiger charge is -2.49. The van der Waals surface area contributed by atoms with Crippen molar-refractivity contribution in [3.63, 3.8) is 0 Å². The predicted octanol–water partition coefficient (Wildman–Crippen LogP) is 6.31. The number of carbonyl (C=O) groups excluding carboxylic acids is 1. The fourth-order valence-electron chi connectivity index (χ4n) is 8.19. The first-order chi connectivity index (χ1) is 15.4. The summed E-state index contributed by atoms with van der Waals surface area (Å²) in [5.74, 6) is 1.13. The van der Waals surface area contributed by atoms with Gasteiger partial charge in [-0.2, -0.15) is 9.78 Å². The van der Waals surface area contributed by atoms with Crippen LogP contribution < -0.4 is 5.32 Å². The van der Waals surface area contributed by atoms with Crippen LogP contribution in [0.1, 0.15) is 57.8 Å². The molecule has 6 fully saturated rings. The summed E-state index contributed by atoms with van der Waals surface area (Å²) in [6, 6.07) is 4.91. The van der Waals surface area contributed by atoms with Crippen molar-refractivity contribution in [2.24, 2.45) is 29.1 Å². The Labute approximate surface area is 197 Å². The summed E-state index contributed by atoms with van der Waals surface area (Å²) in [5.41, 5.74) is 1.01. The molecule has 1 saturated heterocycles. The lowest BCUT2D eigenvalue weighted by Crippen LogP contribution is -2.50. The molecule has 1 aromatic rings. The first-order valence-electron chi connectivity index (χ1n) is 11.9. The first-order valence-corrected chi connectivity index (χ1v) is 12.7. The van der Waals surface area contributed by atoms with E-state index >= 15 is 0 Å². The van der Waals surface area contributed by atoms with E-state index in [9.17, 15) is 4.79 Å². The van der Waals surface area contributed by atoms with Gasteiger partial charge in [-0.15, -0.1) is 0 Å². The van der Waals surface area contributed by atoms with E-state index in [4.69, 9.17) is 42.5 Å². The van der Waals surface area contributed by atoms with Crippen LogP contribution in [-0.2, 0) is 19.2 Å². The molecule has 3 spiro atoms. The topological polar surface area (TPSA) is 66.0 Å². The molecule has 1 aromatic carbocycles. The average molecular weight is 480 g/mol. The molecule has 5 aliphatic carbocycles. The van der Waals surface area contributed by atoms with Gasteiger partial charge < -0.3 is 9.47 Å². The zero-order valence-corrected chi connectivity index (χ0v) is 19.3. The molecule has 1 aliphatic heterocycles. The molecule has 3 bridgehead atoms. The van der Waals surface area contributed by atoms with Gasteiger partial charge in [0, 0.05) is 29.7 Å². The quantitative estimate of drug-likeness (QED) is 0.503. The third-order valence-corrected chi connectivity index (χ3v) is 10.0. The summed E-state index contributed by atoms with van der Waals surface area (Å²) >= 11 is 12.2. The third kappa shape index (κ3) is 2.73. The van der Waals surface area contributed by atoms with Crippen LogP contribution in [0.25, 0.3) is 0 Å². The molecule has 7 rings (SSSR count). The molecule has 172 valence electrons. The van der Waals surface area contributed by atoms with E-state index in [2.05, 4.69) is 5.32 Å². The Hall–Kier alpha value is -1.05. The number of ether oxygens (including phenoxy) is 2. The second-order valence-corrected chi connectivity index (χ2v) is 11.8. The highest BCUT2D eigenvalue weighted by Crippen LogP contribution is 2.79. The number of carbonyl (C=O) groups is 1. The minimum Gasteiger partial charge on any atom is -0.446 e. The molecule has 6 atom stereocenters. The molecule has 6 unspecified atom stereocenters. The van der Waals surface area contributed by atoms with Gasteiger partial charge in [0.2, 0.25) is 11.6 Å². The molecule has 32 heavy (non-hydrogen) atoms. The highest BCUT2D eigenvalue weighted by Gasteiger charge is 2.77. The molecule has 5 saturated carbocycles. The largest absolute Gasteiger partial charge is 0.446 e. The Bertz CT molecular complexity index is 963. The summed E-state index contributed by atoms with van der Waals surface area (Å²) in [6.45, 7) is 0. The number of hydrogen-bond acceptors (Lipinski definition) is 5. The Balaban J connectivity index is 1.05. The summed E-state index contributed by atoms with van der Waals surface area (Å²) in [7, 11) is 0. The maximum atomic E-state index is 12.5. The van der Waals surface area contributed by atoms with Crippen molar-refractivity contribution in [1.82, 2.24) is 0 Å². The summed E-state index contributed by atoms with van der Waals surface area (Å²) in [5, 5.41) is 3.59. The normalized spacial score (nSPS) is 47.6. The van der Waals surface area contributed by atoms with Crippen molar-refractivity contribution in [2.45, 2.75) is 75.5 Å². The van der Waals surface area contributed by atoms with Crippen LogP contribution in [0.3, 0.4) is 0 Å². The molecule has 1 amide bonds. The molecule has 6 aliphatic rings. The maximum Gasteiger partial charge on any atom is 0.411 e. The average Bonchev–Trinajstić information content (AvgIpc) is 3.32. The minimum atomic E-state index is -0.827. The standard InChI is InChI=1S/C24H27Cl2NO5/c25-17-3-4-19(26)20(9-17)27-21(28)29-18-2-1-5-23(12-18)30-24(32-31-23)15-7-13-6-14-8-16(24)11-22(13,14)10-15/h3-4,9,13-16,18H,1-2,5-8,10-12H2,(H,27,28). The van der Waals surface area contributed by atoms with Crippen molar-refractivity contribution < 1.29 is 24.0 Å². The number of fused-ring (bicyclic) bond motifs is 4. The maximum absolute atomic E-state index is 12.5. The van der Waals surface area contributed by atoms with Gasteiger partial charge in [0.05, 0.1) is 10.7 Å². The van der Waals surface area contributed by atoms with E-state index in [0.717, 1.165) is 31.1 Å². The third-order valence-electron chi connectivity index (χ3n) is 9.45. The Morgan fingerprint density at radius 2 is 1.78 bits per heavy atom. The molecular formula is C24H27Cl2NO5. The highest BCUT2D eigenvalue weighted by molar-refractivity contribution is 6.35. The van der Waals surface area contributed by atoms with Gasteiger partial charge in [-0.3, -0.25) is 5.32 Å². The lowest BCUT2D eigenvalue weighted by atomic mass is 9.56. The Morgan fingerprint density at radius 1 is 1.03 bits per heavy atom. The molecule has 0 radical (unpaired) electrons. The fourth-order valence-corrected chi connectivity index (χ4v) is 8.52. The SMILES string of the molecule is O=C(Nc1cc(Cl)ccc1Cl)OC1CCCC2(C1)OOC1(O2)C2CC3CC4CC1CC34C2. The van der Waals surface area contributed by atoms with Crippen LogP contribution in [0.2, 0.25) is 10.0 Å². The zero-order chi connectivity index (χ0) is 21.7. The minimum absolute atomic E-state index is 0.316. The number of halogens is 2.